The smallest absolute Gasteiger partial charge is 0.407 e. The van der Waals surface area contributed by atoms with Crippen LogP contribution in [0.5, 0.6) is 5.75 Å². The van der Waals surface area contributed by atoms with E-state index in [1.807, 2.05) is 17.0 Å². The van der Waals surface area contributed by atoms with E-state index in [9.17, 15) is 9.59 Å². The van der Waals surface area contributed by atoms with Gasteiger partial charge < -0.3 is 23.9 Å². The molecule has 2 aromatic heterocycles. The first kappa shape index (κ1) is 35.5. The molecule has 0 atom stereocenters. The summed E-state index contributed by atoms with van der Waals surface area (Å²) in [5.74, 6) is 2.44. The molecule has 274 valence electrons. The van der Waals surface area contributed by atoms with E-state index < -0.39 is 0 Å². The van der Waals surface area contributed by atoms with E-state index in [1.54, 1.807) is 19.6 Å². The maximum Gasteiger partial charge on any atom is 0.407 e. The summed E-state index contributed by atoms with van der Waals surface area (Å²) < 4.78 is 22.6. The van der Waals surface area contributed by atoms with Crippen LogP contribution in [0.3, 0.4) is 0 Å². The van der Waals surface area contributed by atoms with E-state index in [4.69, 9.17) is 28.6 Å². The molecule has 1 N–H and O–H groups in total. The Morgan fingerprint density at radius 3 is 2.35 bits per heavy atom. The number of hydrogen-bond acceptors (Lipinski definition) is 8. The summed E-state index contributed by atoms with van der Waals surface area (Å²) in [6.45, 7) is 8.22. The van der Waals surface area contributed by atoms with Crippen molar-refractivity contribution in [1.29, 1.82) is 0 Å². The quantitative estimate of drug-likeness (QED) is 0.225. The van der Waals surface area contributed by atoms with Gasteiger partial charge in [0.2, 0.25) is 5.91 Å². The summed E-state index contributed by atoms with van der Waals surface area (Å²) in [6, 6.07) is 10.7. The van der Waals surface area contributed by atoms with Crippen molar-refractivity contribution in [2.75, 3.05) is 31.8 Å². The number of carbonyl (C=O) groups is 2. The molecule has 51 heavy (non-hydrogen) atoms. The third-order valence-corrected chi connectivity index (χ3v) is 12.3. The number of aryl methyl sites for hydroxylation is 1. The van der Waals surface area contributed by atoms with E-state index in [2.05, 4.69) is 44.3 Å². The fraction of sp³-hybridized carbons (Fsp3) is 0.610. The fourth-order valence-electron chi connectivity index (χ4n) is 9.00. The van der Waals surface area contributed by atoms with Crippen LogP contribution in [-0.2, 0) is 19.7 Å². The van der Waals surface area contributed by atoms with Crippen molar-refractivity contribution in [3.63, 3.8) is 0 Å². The highest BCUT2D eigenvalue weighted by Crippen LogP contribution is 2.58. The number of methoxy groups -OCH3 is 1. The Balaban J connectivity index is 1.07. The van der Waals surface area contributed by atoms with Crippen LogP contribution in [-0.4, -0.2) is 61.0 Å². The lowest BCUT2D eigenvalue weighted by atomic mass is 9.51. The van der Waals surface area contributed by atoms with E-state index in [1.165, 1.54) is 11.1 Å². The molecule has 1 saturated heterocycles. The van der Waals surface area contributed by atoms with Crippen molar-refractivity contribution in [2.24, 2.45) is 11.3 Å². The van der Waals surface area contributed by atoms with Crippen LogP contribution in [0.1, 0.15) is 114 Å². The van der Waals surface area contributed by atoms with Crippen molar-refractivity contribution >= 4 is 17.8 Å². The topological polar surface area (TPSA) is 116 Å². The Labute approximate surface area is 302 Å². The van der Waals surface area contributed by atoms with Crippen LogP contribution in [0.4, 0.5) is 10.6 Å². The molecule has 0 unspecified atom stereocenters. The predicted molar refractivity (Wildman–Crippen MR) is 195 cm³/mol. The number of alkyl carbamates (subject to hydrolysis) is 1. The molecule has 4 saturated carbocycles. The van der Waals surface area contributed by atoms with Gasteiger partial charge in [-0.3, -0.25) is 9.69 Å². The van der Waals surface area contributed by atoms with Gasteiger partial charge in [-0.25, -0.2) is 14.8 Å². The molecule has 1 aliphatic heterocycles. The maximum absolute atomic E-state index is 14.7. The van der Waals surface area contributed by atoms with Gasteiger partial charge in [0, 0.05) is 49.4 Å². The van der Waals surface area contributed by atoms with E-state index in [-0.39, 0.29) is 46.8 Å². The van der Waals surface area contributed by atoms with Gasteiger partial charge in [-0.2, -0.15) is 0 Å². The zero-order chi connectivity index (χ0) is 35.6. The van der Waals surface area contributed by atoms with E-state index in [0.29, 0.717) is 57.2 Å². The summed E-state index contributed by atoms with van der Waals surface area (Å²) in [4.78, 5) is 38.9. The van der Waals surface area contributed by atoms with Crippen LogP contribution in [0.2, 0.25) is 0 Å². The van der Waals surface area contributed by atoms with E-state index in [0.717, 1.165) is 68.4 Å². The number of nitrogens with zero attached hydrogens (tertiary/aromatic N) is 3. The Morgan fingerprint density at radius 1 is 0.980 bits per heavy atom. The van der Waals surface area contributed by atoms with Gasteiger partial charge in [0.1, 0.15) is 29.6 Å². The number of aromatic nitrogens is 2. The number of carbonyl (C=O) groups excluding carboxylic acids is 2. The zero-order valence-corrected chi connectivity index (χ0v) is 30.7. The molecule has 0 radical (unpaired) electrons. The number of ether oxygens (including phenoxy) is 3. The Morgan fingerprint density at radius 2 is 1.71 bits per heavy atom. The largest absolute Gasteiger partial charge is 0.496 e. The van der Waals surface area contributed by atoms with Crippen LogP contribution >= 0.6 is 0 Å². The second kappa shape index (κ2) is 15.0. The summed E-state index contributed by atoms with van der Waals surface area (Å²) in [5.41, 5.74) is 4.46. The average molecular weight is 699 g/mol. The number of pyridine rings is 1. The highest BCUT2D eigenvalue weighted by molar-refractivity contribution is 5.95. The second-order valence-electron chi connectivity index (χ2n) is 15.9. The molecule has 4 aliphatic carbocycles. The van der Waals surface area contributed by atoms with Crippen molar-refractivity contribution < 1.29 is 28.2 Å². The van der Waals surface area contributed by atoms with Gasteiger partial charge in [-0.05, 0) is 124 Å². The first-order valence-corrected chi connectivity index (χ1v) is 19.1. The number of fused-ring (bicyclic) bond motifs is 3. The minimum absolute atomic E-state index is 0.0396. The lowest BCUT2D eigenvalue weighted by molar-refractivity contribution is -0.124. The van der Waals surface area contributed by atoms with Gasteiger partial charge in [-0.15, -0.1) is 0 Å². The minimum atomic E-state index is -0.359. The summed E-state index contributed by atoms with van der Waals surface area (Å²) in [5, 5.41) is 3.00. The molecule has 3 heterocycles. The van der Waals surface area contributed by atoms with Crippen LogP contribution in [0.15, 0.2) is 47.2 Å². The molecular weight excluding hydrogens is 644 g/mol. The highest BCUT2D eigenvalue weighted by Gasteiger charge is 2.51. The number of hydrogen-bond donors (Lipinski definition) is 1. The van der Waals surface area contributed by atoms with Crippen LogP contribution in [0, 0.1) is 18.3 Å². The molecule has 8 rings (SSSR count). The molecule has 3 aromatic rings. The zero-order valence-electron chi connectivity index (χ0n) is 30.7. The SMILES string of the molecule is COc1ccc(C23CCC(CN(C(=O)C4CCC(OC(=O)NC5CCOCC5)CC4)c4cc(-c5coc(C(C)C)n5)ccn4)(CC2)CC3)cc1C. The minimum Gasteiger partial charge on any atom is -0.496 e. The normalized spacial score (nSPS) is 26.5. The van der Waals surface area contributed by atoms with Crippen LogP contribution in [0.25, 0.3) is 11.3 Å². The number of amides is 2. The number of rotatable bonds is 10. The van der Waals surface area contributed by atoms with Gasteiger partial charge in [0.05, 0.1) is 7.11 Å². The van der Waals surface area contributed by atoms with Crippen molar-refractivity contribution in [3.8, 4) is 17.0 Å². The predicted octanol–water partition coefficient (Wildman–Crippen LogP) is 8.27. The summed E-state index contributed by atoms with van der Waals surface area (Å²) >= 11 is 0. The molecule has 1 aromatic carbocycles. The monoisotopic (exact) mass is 698 g/mol. The molecule has 5 fully saturated rings. The number of nitrogens with one attached hydrogen (secondary N) is 1. The van der Waals surface area contributed by atoms with Gasteiger partial charge in [0.25, 0.3) is 0 Å². The number of benzene rings is 1. The van der Waals surface area contributed by atoms with Crippen molar-refractivity contribution in [2.45, 2.75) is 121 Å². The Kier molecular flexibility index (Phi) is 10.4. The Bertz CT molecular complexity index is 1660. The summed E-state index contributed by atoms with van der Waals surface area (Å²) in [6.07, 6.45) is 13.8. The van der Waals surface area contributed by atoms with Gasteiger partial charge in [-0.1, -0.05) is 26.0 Å². The Hall–Kier alpha value is -3.92. The van der Waals surface area contributed by atoms with Crippen molar-refractivity contribution in [3.05, 3.63) is 59.8 Å². The van der Waals surface area contributed by atoms with Crippen LogP contribution < -0.4 is 15.0 Å². The summed E-state index contributed by atoms with van der Waals surface area (Å²) in [7, 11) is 1.73. The highest BCUT2D eigenvalue weighted by atomic mass is 16.6. The molecule has 2 amide bonds. The molecule has 5 aliphatic rings. The van der Waals surface area contributed by atoms with Gasteiger partial charge >= 0.3 is 6.09 Å². The molecular formula is C41H54N4O6. The second-order valence-corrected chi connectivity index (χ2v) is 15.9. The van der Waals surface area contributed by atoms with Gasteiger partial charge in [0.15, 0.2) is 5.89 Å². The fourth-order valence-corrected chi connectivity index (χ4v) is 9.00. The standard InChI is InChI=1S/C41H54N4O6/c1-27(2)37-44-34(25-50-37)30-11-20-42-36(24-30)45(38(46)29-5-8-33(9-6-29)51-39(47)43-32-12-21-49-22-13-32)26-40-14-17-41(18-15-40,19-16-40)31-7-10-35(48-4)28(3)23-31/h7,10-11,20,23-25,27,29,32-33H,5-6,8-9,12-19,21-22,26H2,1-4H3,(H,43,47). The van der Waals surface area contributed by atoms with Crippen molar-refractivity contribution in [1.82, 2.24) is 15.3 Å². The third kappa shape index (κ3) is 7.66. The lowest BCUT2D eigenvalue weighted by Crippen LogP contribution is -2.52. The first-order valence-electron chi connectivity index (χ1n) is 19.1. The molecule has 10 heteroatoms. The number of anilines is 1. The van der Waals surface area contributed by atoms with E-state index >= 15 is 0 Å². The molecule has 0 spiro atoms. The lowest BCUT2D eigenvalue weighted by Gasteiger charge is -2.55. The number of oxazole rings is 1. The molecule has 2 bridgehead atoms. The first-order chi connectivity index (χ1) is 24.7. The average Bonchev–Trinajstić information content (AvgIpc) is 3.66. The third-order valence-electron chi connectivity index (χ3n) is 12.3. The maximum atomic E-state index is 14.7. The molecule has 10 nitrogen and oxygen atoms in total.